The lowest BCUT2D eigenvalue weighted by Crippen LogP contribution is -2.31. The Morgan fingerprint density at radius 3 is 2.54 bits per heavy atom. The number of carbonyl (C=O) groups is 1. The number of likely N-dealkylation sites (N-methyl/N-ethyl adjacent to an activating group) is 1. The second-order valence-corrected chi connectivity index (χ2v) is 9.64. The van der Waals surface area contributed by atoms with Crippen LogP contribution >= 0.6 is 0 Å². The number of carbonyl (C=O) groups excluding carboxylic acids is 1. The first-order valence-electron chi connectivity index (χ1n) is 12.1. The summed E-state index contributed by atoms with van der Waals surface area (Å²) in [7, 11) is 3.98. The summed E-state index contributed by atoms with van der Waals surface area (Å²) in [6.45, 7) is 3.62. The number of halogens is 3. The largest absolute Gasteiger partial charge is 0.416 e. The van der Waals surface area contributed by atoms with Crippen LogP contribution in [0.4, 0.5) is 13.2 Å². The highest BCUT2D eigenvalue weighted by molar-refractivity contribution is 5.98. The molecule has 2 aromatic carbocycles. The van der Waals surface area contributed by atoms with Gasteiger partial charge in [-0.2, -0.15) is 13.2 Å². The van der Waals surface area contributed by atoms with E-state index < -0.39 is 11.7 Å². The van der Waals surface area contributed by atoms with Crippen molar-refractivity contribution in [2.24, 2.45) is 0 Å². The van der Waals surface area contributed by atoms with E-state index in [1.54, 1.807) is 36.7 Å². The Morgan fingerprint density at radius 2 is 1.86 bits per heavy atom. The average Bonchev–Trinajstić information content (AvgIpc) is 3.33. The van der Waals surface area contributed by atoms with Gasteiger partial charge in [0.25, 0.3) is 0 Å². The van der Waals surface area contributed by atoms with Crippen LogP contribution in [0.25, 0.3) is 0 Å². The SMILES string of the molecule is Cc1ccc(C(=O)Cc2ccc(CN3CC[C@H](N(C)C)C3)c(C(F)(F)F)c2)cc1C#Cc1cncnc1. The van der Waals surface area contributed by atoms with Crippen molar-refractivity contribution >= 4 is 5.78 Å². The molecular weight excluding hydrogens is 477 g/mol. The second kappa shape index (κ2) is 11.2. The quantitative estimate of drug-likeness (QED) is 0.356. The lowest BCUT2D eigenvalue weighted by atomic mass is 9.96. The Kier molecular flexibility index (Phi) is 8.06. The van der Waals surface area contributed by atoms with Crippen molar-refractivity contribution in [3.8, 4) is 11.8 Å². The van der Waals surface area contributed by atoms with Gasteiger partial charge in [0.1, 0.15) is 6.33 Å². The molecule has 0 N–H and O–H groups in total. The van der Waals surface area contributed by atoms with Crippen molar-refractivity contribution in [3.63, 3.8) is 0 Å². The van der Waals surface area contributed by atoms with Crippen molar-refractivity contribution in [1.82, 2.24) is 19.8 Å². The molecule has 0 spiro atoms. The number of likely N-dealkylation sites (tertiary alicyclic amines) is 1. The average molecular weight is 507 g/mol. The Hall–Kier alpha value is -3.54. The van der Waals surface area contributed by atoms with E-state index in [0.29, 0.717) is 28.3 Å². The van der Waals surface area contributed by atoms with E-state index in [9.17, 15) is 18.0 Å². The van der Waals surface area contributed by atoms with Crippen LogP contribution in [0.1, 0.15) is 50.2 Å². The van der Waals surface area contributed by atoms with Crippen molar-refractivity contribution in [2.75, 3.05) is 27.2 Å². The molecule has 0 saturated carbocycles. The zero-order chi connectivity index (χ0) is 26.6. The Balaban J connectivity index is 1.52. The van der Waals surface area contributed by atoms with E-state index in [-0.39, 0.29) is 24.3 Å². The minimum Gasteiger partial charge on any atom is -0.305 e. The highest BCUT2D eigenvalue weighted by Gasteiger charge is 2.35. The van der Waals surface area contributed by atoms with E-state index >= 15 is 0 Å². The van der Waals surface area contributed by atoms with Crippen molar-refractivity contribution in [2.45, 2.75) is 38.5 Å². The molecule has 1 saturated heterocycles. The van der Waals surface area contributed by atoms with Gasteiger partial charge in [0.05, 0.1) is 11.1 Å². The summed E-state index contributed by atoms with van der Waals surface area (Å²) < 4.78 is 41.9. The predicted octanol–water partition coefficient (Wildman–Crippen LogP) is 4.76. The van der Waals surface area contributed by atoms with E-state index in [0.717, 1.165) is 31.1 Å². The summed E-state index contributed by atoms with van der Waals surface area (Å²) in [4.78, 5) is 25.0. The summed E-state index contributed by atoms with van der Waals surface area (Å²) >= 11 is 0. The van der Waals surface area contributed by atoms with E-state index in [1.165, 1.54) is 12.4 Å². The number of hydrogen-bond donors (Lipinski definition) is 0. The van der Waals surface area contributed by atoms with Crippen LogP contribution in [0.5, 0.6) is 0 Å². The first-order valence-corrected chi connectivity index (χ1v) is 12.1. The number of alkyl halides is 3. The first kappa shape index (κ1) is 26.5. The summed E-state index contributed by atoms with van der Waals surface area (Å²) in [5.74, 6) is 5.74. The van der Waals surface area contributed by atoms with Gasteiger partial charge in [-0.3, -0.25) is 9.69 Å². The topological polar surface area (TPSA) is 49.3 Å². The molecular formula is C29H29F3N4O. The van der Waals surface area contributed by atoms with E-state index in [4.69, 9.17) is 0 Å². The van der Waals surface area contributed by atoms with Crippen LogP contribution in [0.15, 0.2) is 55.1 Å². The summed E-state index contributed by atoms with van der Waals surface area (Å²) in [5.41, 5.74) is 2.51. The van der Waals surface area contributed by atoms with Gasteiger partial charge in [0.15, 0.2) is 5.78 Å². The molecule has 5 nitrogen and oxygen atoms in total. The molecule has 4 rings (SSSR count). The number of hydrogen-bond acceptors (Lipinski definition) is 5. The minimum absolute atomic E-state index is 0.127. The molecule has 0 bridgehead atoms. The number of aryl methyl sites for hydroxylation is 1. The molecule has 1 atom stereocenters. The molecule has 37 heavy (non-hydrogen) atoms. The Bertz CT molecular complexity index is 1330. The summed E-state index contributed by atoms with van der Waals surface area (Å²) in [6.07, 6.45) is 0.913. The third-order valence-corrected chi connectivity index (χ3v) is 6.68. The van der Waals surface area contributed by atoms with Crippen LogP contribution < -0.4 is 0 Å². The monoisotopic (exact) mass is 506 g/mol. The van der Waals surface area contributed by atoms with Gasteiger partial charge in [-0.05, 0) is 56.3 Å². The van der Waals surface area contributed by atoms with Gasteiger partial charge in [-0.25, -0.2) is 9.97 Å². The Morgan fingerprint density at radius 1 is 1.11 bits per heavy atom. The molecule has 3 aromatic rings. The molecule has 1 aliphatic rings. The maximum absolute atomic E-state index is 14.0. The molecule has 2 heterocycles. The van der Waals surface area contributed by atoms with E-state index in [1.807, 2.05) is 21.0 Å². The highest BCUT2D eigenvalue weighted by atomic mass is 19.4. The maximum Gasteiger partial charge on any atom is 0.416 e. The number of nitrogens with zero attached hydrogens (tertiary/aromatic N) is 4. The highest BCUT2D eigenvalue weighted by Crippen LogP contribution is 2.34. The van der Waals surface area contributed by atoms with Crippen LogP contribution in [-0.4, -0.2) is 58.8 Å². The maximum atomic E-state index is 14.0. The van der Waals surface area contributed by atoms with Crippen LogP contribution in [0.2, 0.25) is 0 Å². The van der Waals surface area contributed by atoms with Gasteiger partial charge in [0, 0.05) is 55.6 Å². The second-order valence-electron chi connectivity index (χ2n) is 9.64. The summed E-state index contributed by atoms with van der Waals surface area (Å²) in [5, 5.41) is 0. The molecule has 0 radical (unpaired) electrons. The molecule has 192 valence electrons. The number of Topliss-reactive ketones (excluding diaryl/α,β-unsaturated/α-hetero) is 1. The normalized spacial score (nSPS) is 16.0. The predicted molar refractivity (Wildman–Crippen MR) is 136 cm³/mol. The minimum atomic E-state index is -4.50. The number of rotatable bonds is 6. The first-order chi connectivity index (χ1) is 17.6. The van der Waals surface area contributed by atoms with Crippen molar-refractivity contribution in [3.05, 3.63) is 94.1 Å². The van der Waals surface area contributed by atoms with Crippen LogP contribution in [-0.2, 0) is 19.1 Å². The van der Waals surface area contributed by atoms with Gasteiger partial charge in [0.2, 0.25) is 0 Å². The lowest BCUT2D eigenvalue weighted by Gasteiger charge is -2.22. The van der Waals surface area contributed by atoms with Crippen LogP contribution in [0, 0.1) is 18.8 Å². The smallest absolute Gasteiger partial charge is 0.305 e. The molecule has 8 heteroatoms. The molecule has 0 aliphatic carbocycles. The lowest BCUT2D eigenvalue weighted by molar-refractivity contribution is -0.138. The third kappa shape index (κ3) is 6.82. The fourth-order valence-electron chi connectivity index (χ4n) is 4.47. The van der Waals surface area contributed by atoms with Crippen molar-refractivity contribution < 1.29 is 18.0 Å². The van der Waals surface area contributed by atoms with Gasteiger partial charge in [-0.1, -0.05) is 36.1 Å². The van der Waals surface area contributed by atoms with Crippen LogP contribution in [0.3, 0.4) is 0 Å². The van der Waals surface area contributed by atoms with Gasteiger partial charge < -0.3 is 4.90 Å². The standard InChI is InChI=1S/C29H29F3N4O/c1-20-4-7-24(14-23(20)8-6-22-15-33-19-34-16-22)28(37)13-21-5-9-25(27(12-21)29(30,31)32)17-36-11-10-26(18-36)35(2)3/h4-5,7,9,12,14-16,19,26H,10-11,13,17-18H2,1-3H3/t26-/m0/s1. The zero-order valence-electron chi connectivity index (χ0n) is 21.1. The Labute approximate surface area is 215 Å². The summed E-state index contributed by atoms with van der Waals surface area (Å²) in [6, 6.07) is 9.77. The van der Waals surface area contributed by atoms with E-state index in [2.05, 4.69) is 31.6 Å². The third-order valence-electron chi connectivity index (χ3n) is 6.68. The molecule has 1 aliphatic heterocycles. The number of aromatic nitrogens is 2. The molecule has 1 fully saturated rings. The zero-order valence-corrected chi connectivity index (χ0v) is 21.1. The fourth-order valence-corrected chi connectivity index (χ4v) is 4.47. The molecule has 1 aromatic heterocycles. The molecule has 0 amide bonds. The molecule has 0 unspecified atom stereocenters. The fraction of sp³-hybridized carbons (Fsp3) is 0.345. The van der Waals surface area contributed by atoms with Gasteiger partial charge in [-0.15, -0.1) is 0 Å². The van der Waals surface area contributed by atoms with Crippen molar-refractivity contribution in [1.29, 1.82) is 0 Å². The number of ketones is 1. The number of benzene rings is 2. The van der Waals surface area contributed by atoms with Gasteiger partial charge >= 0.3 is 6.18 Å².